The van der Waals surface area contributed by atoms with Gasteiger partial charge in [-0.05, 0) is 33.5 Å². The number of nitrogens with zero attached hydrogens (tertiary/aromatic N) is 1. The Morgan fingerprint density at radius 3 is 2.83 bits per heavy atom. The van der Waals surface area contributed by atoms with E-state index >= 15 is 0 Å². The maximum atomic E-state index is 11.6. The Morgan fingerprint density at radius 2 is 2.28 bits per heavy atom. The summed E-state index contributed by atoms with van der Waals surface area (Å²) in [4.78, 5) is 1.18. The minimum atomic E-state index is -3.37. The number of rotatable bonds is 4. The van der Waals surface area contributed by atoms with Crippen molar-refractivity contribution in [3.8, 4) is 0 Å². The van der Waals surface area contributed by atoms with Gasteiger partial charge in [-0.15, -0.1) is 11.3 Å². The number of hydrogen-bond donors (Lipinski definition) is 2. The van der Waals surface area contributed by atoms with Gasteiger partial charge in [0.2, 0.25) is 0 Å². The highest BCUT2D eigenvalue weighted by molar-refractivity contribution is 9.10. The van der Waals surface area contributed by atoms with Crippen molar-refractivity contribution in [3.63, 3.8) is 0 Å². The summed E-state index contributed by atoms with van der Waals surface area (Å²) in [5.41, 5.74) is 5.58. The minimum absolute atomic E-state index is 0.0531. The molecular formula is C9H10BrN3O2S3. The third kappa shape index (κ3) is 3.02. The number of halogens is 1. The van der Waals surface area contributed by atoms with Gasteiger partial charge in [0.05, 0.1) is 6.54 Å². The number of nitrogens with two attached hydrogens (primary N) is 1. The Kier molecular flexibility index (Phi) is 3.95. The molecule has 9 heteroatoms. The van der Waals surface area contributed by atoms with Crippen LogP contribution in [0, 0.1) is 0 Å². The zero-order valence-corrected chi connectivity index (χ0v) is 13.3. The molecule has 5 nitrogen and oxygen atoms in total. The molecule has 0 aliphatic heterocycles. The van der Waals surface area contributed by atoms with Gasteiger partial charge in [-0.1, -0.05) is 0 Å². The predicted molar refractivity (Wildman–Crippen MR) is 79.0 cm³/mol. The number of nitrogens with one attached hydrogen (secondary N) is 1. The smallest absolute Gasteiger partial charge is 0.182 e. The molecule has 0 spiro atoms. The fourth-order valence-electron chi connectivity index (χ4n) is 1.38. The fourth-order valence-corrected chi connectivity index (χ4v) is 4.83. The second-order valence-corrected chi connectivity index (χ2v) is 8.22. The lowest BCUT2D eigenvalue weighted by molar-refractivity contribution is 0.602. The Balaban J connectivity index is 2.20. The topological polar surface area (TPSA) is 85.1 Å². The van der Waals surface area contributed by atoms with Crippen LogP contribution in [0.15, 0.2) is 20.8 Å². The molecule has 0 saturated carbocycles. The lowest BCUT2D eigenvalue weighted by Crippen LogP contribution is -2.05. The minimum Gasteiger partial charge on any atom is -0.382 e. The van der Waals surface area contributed by atoms with Crippen LogP contribution in [0.2, 0.25) is 0 Å². The Morgan fingerprint density at radius 1 is 1.56 bits per heavy atom. The fraction of sp³-hybridized carbons (Fsp3) is 0.222. The van der Waals surface area contributed by atoms with Gasteiger partial charge < -0.3 is 11.1 Å². The second kappa shape index (κ2) is 5.16. The van der Waals surface area contributed by atoms with E-state index in [-0.39, 0.29) is 10.7 Å². The number of hydrogen-bond acceptors (Lipinski definition) is 7. The van der Waals surface area contributed by atoms with E-state index in [4.69, 9.17) is 5.73 Å². The summed E-state index contributed by atoms with van der Waals surface area (Å²) in [5.74, 6) is 0.0531. The first kappa shape index (κ1) is 13.8. The number of nitrogen functional groups attached to an aromatic ring is 1. The van der Waals surface area contributed by atoms with Gasteiger partial charge in [-0.3, -0.25) is 0 Å². The van der Waals surface area contributed by atoms with Crippen molar-refractivity contribution in [3.05, 3.63) is 20.8 Å². The summed E-state index contributed by atoms with van der Waals surface area (Å²) in [6, 6.07) is 1.97. The molecule has 0 aliphatic rings. The molecule has 0 fully saturated rings. The van der Waals surface area contributed by atoms with E-state index in [1.54, 1.807) is 11.3 Å². The van der Waals surface area contributed by atoms with Crippen LogP contribution in [-0.4, -0.2) is 19.0 Å². The largest absolute Gasteiger partial charge is 0.382 e. The van der Waals surface area contributed by atoms with Gasteiger partial charge in [0.1, 0.15) is 9.90 Å². The number of thiophene rings is 1. The highest BCUT2D eigenvalue weighted by Gasteiger charge is 2.21. The summed E-state index contributed by atoms with van der Waals surface area (Å²) in [6.07, 6.45) is 1.13. The monoisotopic (exact) mass is 367 g/mol. The molecule has 2 aromatic heterocycles. The standard InChI is InChI=1S/C9H10BrN3O2S3/c1-18(14,15)7-8(11)13-17-9(7)12-3-6-2-5(10)4-16-6/h2,4,12H,3H2,1H3,(H2,11,13). The molecule has 2 aromatic rings. The molecule has 0 aliphatic carbocycles. The summed E-state index contributed by atoms with van der Waals surface area (Å²) >= 11 is 6.01. The Bertz CT molecular complexity index is 662. The molecule has 98 valence electrons. The molecule has 0 aromatic carbocycles. The molecule has 3 N–H and O–H groups in total. The van der Waals surface area contributed by atoms with Gasteiger partial charge in [-0.2, -0.15) is 4.37 Å². The van der Waals surface area contributed by atoms with E-state index in [0.29, 0.717) is 11.5 Å². The van der Waals surface area contributed by atoms with E-state index in [1.165, 1.54) is 0 Å². The van der Waals surface area contributed by atoms with Crippen LogP contribution in [0.25, 0.3) is 0 Å². The summed E-state index contributed by atoms with van der Waals surface area (Å²) in [5, 5.41) is 5.51. The predicted octanol–water partition coefficient (Wildman–Crippen LogP) is 2.56. The summed E-state index contributed by atoms with van der Waals surface area (Å²) < 4.78 is 28.1. The molecule has 0 bridgehead atoms. The Hall–Kier alpha value is -0.640. The lowest BCUT2D eigenvalue weighted by atomic mass is 10.4. The first-order valence-corrected chi connectivity index (χ1v) is 9.13. The number of aromatic nitrogens is 1. The highest BCUT2D eigenvalue weighted by atomic mass is 79.9. The third-order valence-electron chi connectivity index (χ3n) is 2.09. The van der Waals surface area contributed by atoms with Crippen LogP contribution in [0.1, 0.15) is 4.88 Å². The van der Waals surface area contributed by atoms with Crippen LogP contribution in [0.4, 0.5) is 10.8 Å². The lowest BCUT2D eigenvalue weighted by Gasteiger charge is -2.04. The second-order valence-electron chi connectivity index (χ2n) is 3.58. The average Bonchev–Trinajstić information content (AvgIpc) is 2.81. The molecule has 0 atom stereocenters. The molecule has 18 heavy (non-hydrogen) atoms. The van der Waals surface area contributed by atoms with Crippen molar-refractivity contribution < 1.29 is 8.42 Å². The molecule has 0 radical (unpaired) electrons. The summed E-state index contributed by atoms with van der Waals surface area (Å²) in [6.45, 7) is 0.542. The van der Waals surface area contributed by atoms with E-state index < -0.39 is 9.84 Å². The van der Waals surface area contributed by atoms with Gasteiger partial charge in [0.25, 0.3) is 0 Å². The van der Waals surface area contributed by atoms with Crippen LogP contribution in [-0.2, 0) is 16.4 Å². The van der Waals surface area contributed by atoms with E-state index in [0.717, 1.165) is 27.1 Å². The molecule has 0 amide bonds. The normalized spacial score (nSPS) is 11.7. The van der Waals surface area contributed by atoms with Crippen molar-refractivity contribution >= 4 is 59.5 Å². The van der Waals surface area contributed by atoms with E-state index in [2.05, 4.69) is 25.6 Å². The van der Waals surface area contributed by atoms with Crippen molar-refractivity contribution in [2.45, 2.75) is 11.4 Å². The van der Waals surface area contributed by atoms with Gasteiger partial charge in [0, 0.05) is 21.0 Å². The van der Waals surface area contributed by atoms with E-state index in [1.807, 2.05) is 11.4 Å². The van der Waals surface area contributed by atoms with Gasteiger partial charge in [-0.25, -0.2) is 8.42 Å². The van der Waals surface area contributed by atoms with Crippen LogP contribution in [0.3, 0.4) is 0 Å². The molecule has 2 heterocycles. The first-order valence-electron chi connectivity index (χ1n) is 4.80. The van der Waals surface area contributed by atoms with Crippen LogP contribution >= 0.6 is 38.8 Å². The maximum absolute atomic E-state index is 11.6. The zero-order chi connectivity index (χ0) is 13.3. The van der Waals surface area contributed by atoms with Crippen molar-refractivity contribution in [1.82, 2.24) is 4.37 Å². The average molecular weight is 368 g/mol. The van der Waals surface area contributed by atoms with Crippen LogP contribution < -0.4 is 11.1 Å². The SMILES string of the molecule is CS(=O)(=O)c1c(N)nsc1NCc1cc(Br)cs1. The molecule has 2 rings (SSSR count). The summed E-state index contributed by atoms with van der Waals surface area (Å²) in [7, 11) is -3.37. The van der Waals surface area contributed by atoms with E-state index in [9.17, 15) is 8.42 Å². The first-order chi connectivity index (χ1) is 8.38. The van der Waals surface area contributed by atoms with Gasteiger partial charge in [0.15, 0.2) is 15.7 Å². The van der Waals surface area contributed by atoms with Crippen molar-refractivity contribution in [1.29, 1.82) is 0 Å². The van der Waals surface area contributed by atoms with Crippen molar-refractivity contribution in [2.75, 3.05) is 17.3 Å². The number of anilines is 2. The highest BCUT2D eigenvalue weighted by Crippen LogP contribution is 2.32. The number of sulfone groups is 1. The molecular weight excluding hydrogens is 358 g/mol. The molecule has 0 unspecified atom stereocenters. The third-order valence-corrected chi connectivity index (χ3v) is 5.89. The molecule has 0 saturated heterocycles. The zero-order valence-electron chi connectivity index (χ0n) is 9.31. The Labute approximate surface area is 121 Å². The maximum Gasteiger partial charge on any atom is 0.182 e. The van der Waals surface area contributed by atoms with Gasteiger partial charge >= 0.3 is 0 Å². The van der Waals surface area contributed by atoms with Crippen molar-refractivity contribution in [2.24, 2.45) is 0 Å². The quantitative estimate of drug-likeness (QED) is 0.867. The van der Waals surface area contributed by atoms with Crippen LogP contribution in [0.5, 0.6) is 0 Å².